The number of aliphatic imine (C=N–C) groups is 1. The van der Waals surface area contributed by atoms with Crippen LogP contribution in [0.2, 0.25) is 0 Å². The van der Waals surface area contributed by atoms with Gasteiger partial charge in [0.25, 0.3) is 0 Å². The van der Waals surface area contributed by atoms with E-state index in [2.05, 4.69) is 16.0 Å². The first kappa shape index (κ1) is 12.6. The molecule has 6 heteroatoms. The molecule has 98 valence electrons. The maximum Gasteiger partial charge on any atom is 0.239 e. The summed E-state index contributed by atoms with van der Waals surface area (Å²) in [6.07, 6.45) is 0. The lowest BCUT2D eigenvalue weighted by atomic mass is 10.3. The zero-order valence-electron chi connectivity index (χ0n) is 10.5. The third-order valence-corrected chi connectivity index (χ3v) is 4.80. The highest BCUT2D eigenvalue weighted by Gasteiger charge is 2.28. The first-order valence-electron chi connectivity index (χ1n) is 6.10. The number of fused-ring (bicyclic) bond motifs is 1. The number of carbonyl (C=O) groups excluding carboxylic acids is 1. The first-order chi connectivity index (χ1) is 9.28. The molecule has 0 radical (unpaired) electrons. The summed E-state index contributed by atoms with van der Waals surface area (Å²) in [6.45, 7) is 3.21. The number of amides is 1. The molecule has 0 bridgehead atoms. The van der Waals surface area contributed by atoms with Crippen molar-refractivity contribution in [1.29, 1.82) is 0 Å². The third kappa shape index (κ3) is 2.50. The lowest BCUT2D eigenvalue weighted by Crippen LogP contribution is -2.29. The molecule has 0 aliphatic carbocycles. The molecule has 2 aromatic rings. The van der Waals surface area contributed by atoms with Gasteiger partial charge in [-0.2, -0.15) is 0 Å². The van der Waals surface area contributed by atoms with Crippen LogP contribution in [0.3, 0.4) is 0 Å². The van der Waals surface area contributed by atoms with Crippen molar-refractivity contribution >= 4 is 44.4 Å². The minimum Gasteiger partial charge on any atom is -0.284 e. The van der Waals surface area contributed by atoms with Crippen LogP contribution in [0.5, 0.6) is 0 Å². The Hall–Kier alpha value is -1.40. The lowest BCUT2D eigenvalue weighted by Gasteiger charge is -2.13. The maximum absolute atomic E-state index is 11.9. The van der Waals surface area contributed by atoms with Crippen molar-refractivity contribution in [2.45, 2.75) is 13.5 Å². The molecule has 1 aromatic carbocycles. The number of thiazole rings is 1. The van der Waals surface area contributed by atoms with Gasteiger partial charge in [0.1, 0.15) is 5.01 Å². The van der Waals surface area contributed by atoms with Crippen molar-refractivity contribution < 1.29 is 4.79 Å². The first-order valence-corrected chi connectivity index (χ1v) is 7.90. The Labute approximate surface area is 119 Å². The van der Waals surface area contributed by atoms with Gasteiger partial charge in [0.15, 0.2) is 5.17 Å². The molecular weight excluding hydrogens is 278 g/mol. The van der Waals surface area contributed by atoms with Crippen LogP contribution in [0.4, 0.5) is 0 Å². The Balaban J connectivity index is 1.87. The van der Waals surface area contributed by atoms with E-state index in [1.54, 1.807) is 16.2 Å². The van der Waals surface area contributed by atoms with Crippen LogP contribution >= 0.6 is 23.1 Å². The van der Waals surface area contributed by atoms with Gasteiger partial charge in [0.05, 0.1) is 22.5 Å². The van der Waals surface area contributed by atoms with Gasteiger partial charge in [-0.25, -0.2) is 4.98 Å². The highest BCUT2D eigenvalue weighted by Crippen LogP contribution is 2.26. The van der Waals surface area contributed by atoms with Gasteiger partial charge in [-0.1, -0.05) is 23.9 Å². The molecule has 0 N–H and O–H groups in total. The molecule has 1 fully saturated rings. The zero-order chi connectivity index (χ0) is 13.2. The molecule has 1 amide bonds. The smallest absolute Gasteiger partial charge is 0.239 e. The molecule has 1 aliphatic heterocycles. The number of nitrogens with zero attached hydrogens (tertiary/aromatic N) is 3. The number of thioether (sulfide) groups is 1. The monoisotopic (exact) mass is 291 g/mol. The van der Waals surface area contributed by atoms with Crippen LogP contribution in [0.15, 0.2) is 29.3 Å². The van der Waals surface area contributed by atoms with Crippen LogP contribution in [-0.2, 0) is 11.3 Å². The van der Waals surface area contributed by atoms with Gasteiger partial charge < -0.3 is 0 Å². The van der Waals surface area contributed by atoms with Gasteiger partial charge >= 0.3 is 0 Å². The molecule has 4 nitrogen and oxygen atoms in total. The number of aromatic nitrogens is 1. The molecule has 1 aliphatic rings. The standard InChI is InChI=1S/C13H13N3OS2/c1-2-14-13-16(12(17)8-18-13)7-11-15-9-5-3-4-6-10(9)19-11/h3-6H,2,7-8H2,1H3. The summed E-state index contributed by atoms with van der Waals surface area (Å²) < 4.78 is 1.16. The fraction of sp³-hybridized carbons (Fsp3) is 0.308. The predicted octanol–water partition coefficient (Wildman–Crippen LogP) is 2.75. The van der Waals surface area contributed by atoms with Crippen molar-refractivity contribution in [2.24, 2.45) is 4.99 Å². The summed E-state index contributed by atoms with van der Waals surface area (Å²) in [7, 11) is 0. The van der Waals surface area contributed by atoms with E-state index in [9.17, 15) is 4.79 Å². The molecule has 0 saturated carbocycles. The zero-order valence-corrected chi connectivity index (χ0v) is 12.1. The minimum atomic E-state index is 0.122. The number of benzene rings is 1. The summed E-state index contributed by atoms with van der Waals surface area (Å²) >= 11 is 3.15. The molecule has 19 heavy (non-hydrogen) atoms. The maximum atomic E-state index is 11.9. The molecule has 1 aromatic heterocycles. The molecular formula is C13H13N3OS2. The number of rotatable bonds is 3. The summed E-state index contributed by atoms with van der Waals surface area (Å²) in [4.78, 5) is 22.6. The molecule has 0 atom stereocenters. The van der Waals surface area contributed by atoms with E-state index in [0.717, 1.165) is 20.4 Å². The SMILES string of the molecule is CCN=C1SCC(=O)N1Cc1nc2ccccc2s1. The fourth-order valence-corrected chi connectivity index (χ4v) is 3.84. The number of amidine groups is 1. The van der Waals surface area contributed by atoms with E-state index in [1.165, 1.54) is 11.8 Å². The molecule has 0 spiro atoms. The van der Waals surface area contributed by atoms with Gasteiger partial charge in [0, 0.05) is 6.54 Å². The van der Waals surface area contributed by atoms with Crippen LogP contribution in [0, 0.1) is 0 Å². The van der Waals surface area contributed by atoms with Gasteiger partial charge in [-0.05, 0) is 19.1 Å². The second-order valence-corrected chi connectivity index (χ2v) is 6.16. The Morgan fingerprint density at radius 3 is 3.05 bits per heavy atom. The Morgan fingerprint density at radius 1 is 1.42 bits per heavy atom. The second kappa shape index (κ2) is 5.30. The number of hydrogen-bond acceptors (Lipinski definition) is 5. The van der Waals surface area contributed by atoms with Gasteiger partial charge in [-0.3, -0.25) is 14.7 Å². The Morgan fingerprint density at radius 2 is 2.26 bits per heavy atom. The number of carbonyl (C=O) groups is 1. The Bertz CT molecular complexity index is 617. The van der Waals surface area contributed by atoms with E-state index in [1.807, 2.05) is 25.1 Å². The minimum absolute atomic E-state index is 0.122. The summed E-state index contributed by atoms with van der Waals surface area (Å²) in [5, 5.41) is 1.78. The van der Waals surface area contributed by atoms with Crippen molar-refractivity contribution in [3.8, 4) is 0 Å². The highest BCUT2D eigenvalue weighted by molar-refractivity contribution is 8.15. The van der Waals surface area contributed by atoms with Crippen molar-refractivity contribution in [1.82, 2.24) is 9.88 Å². The molecule has 0 unspecified atom stereocenters. The predicted molar refractivity (Wildman–Crippen MR) is 80.6 cm³/mol. The van der Waals surface area contributed by atoms with E-state index in [-0.39, 0.29) is 5.91 Å². The summed E-state index contributed by atoms with van der Waals surface area (Å²) in [5.41, 5.74) is 0.996. The van der Waals surface area contributed by atoms with Crippen LogP contribution in [0.1, 0.15) is 11.9 Å². The van der Waals surface area contributed by atoms with E-state index in [0.29, 0.717) is 18.8 Å². The van der Waals surface area contributed by atoms with E-state index >= 15 is 0 Å². The number of para-hydroxylation sites is 1. The highest BCUT2D eigenvalue weighted by atomic mass is 32.2. The van der Waals surface area contributed by atoms with Gasteiger partial charge in [-0.15, -0.1) is 11.3 Å². The van der Waals surface area contributed by atoms with Gasteiger partial charge in [0.2, 0.25) is 5.91 Å². The Kier molecular flexibility index (Phi) is 3.52. The fourth-order valence-electron chi connectivity index (χ4n) is 1.93. The average Bonchev–Trinajstić information content (AvgIpc) is 2.96. The summed E-state index contributed by atoms with van der Waals surface area (Å²) in [6, 6.07) is 8.03. The lowest BCUT2D eigenvalue weighted by molar-refractivity contribution is -0.124. The van der Waals surface area contributed by atoms with Crippen LogP contribution < -0.4 is 0 Å². The third-order valence-electron chi connectivity index (χ3n) is 2.78. The van der Waals surface area contributed by atoms with Crippen molar-refractivity contribution in [3.05, 3.63) is 29.3 Å². The largest absolute Gasteiger partial charge is 0.284 e. The second-order valence-electron chi connectivity index (χ2n) is 4.10. The molecule has 1 saturated heterocycles. The molecule has 3 rings (SSSR count). The quantitative estimate of drug-likeness (QED) is 0.873. The number of hydrogen-bond donors (Lipinski definition) is 0. The van der Waals surface area contributed by atoms with E-state index in [4.69, 9.17) is 0 Å². The summed E-state index contributed by atoms with van der Waals surface area (Å²) in [5.74, 6) is 0.612. The van der Waals surface area contributed by atoms with Crippen molar-refractivity contribution in [3.63, 3.8) is 0 Å². The van der Waals surface area contributed by atoms with Crippen molar-refractivity contribution in [2.75, 3.05) is 12.3 Å². The van der Waals surface area contributed by atoms with E-state index < -0.39 is 0 Å². The van der Waals surface area contributed by atoms with Crippen LogP contribution in [0.25, 0.3) is 10.2 Å². The van der Waals surface area contributed by atoms with Crippen LogP contribution in [-0.4, -0.2) is 33.3 Å². The molecule has 2 heterocycles. The average molecular weight is 291 g/mol. The normalized spacial score (nSPS) is 17.8. The topological polar surface area (TPSA) is 45.6 Å².